The molecular formula is C24H21ClN4O3. The third-order valence-electron chi connectivity index (χ3n) is 4.90. The SMILES string of the molecule is COc1cc(OC)c(NC(=O)c2cc(-c3cccnc3)n(-c3ccc(C)cc3)n2)cc1Cl. The molecule has 8 heteroatoms. The van der Waals surface area contributed by atoms with Crippen molar-refractivity contribution in [3.63, 3.8) is 0 Å². The highest BCUT2D eigenvalue weighted by molar-refractivity contribution is 6.32. The summed E-state index contributed by atoms with van der Waals surface area (Å²) in [5.74, 6) is 0.467. The quantitative estimate of drug-likeness (QED) is 0.440. The van der Waals surface area contributed by atoms with Crippen LogP contribution in [-0.4, -0.2) is 34.9 Å². The zero-order valence-corrected chi connectivity index (χ0v) is 18.6. The van der Waals surface area contributed by atoms with E-state index < -0.39 is 5.91 Å². The highest BCUT2D eigenvalue weighted by atomic mass is 35.5. The van der Waals surface area contributed by atoms with Gasteiger partial charge in [-0.25, -0.2) is 4.68 Å². The number of aryl methyl sites for hydroxylation is 1. The molecule has 2 aromatic carbocycles. The molecule has 0 spiro atoms. The smallest absolute Gasteiger partial charge is 0.276 e. The van der Waals surface area contributed by atoms with Crippen LogP contribution < -0.4 is 14.8 Å². The molecule has 0 saturated heterocycles. The minimum absolute atomic E-state index is 0.235. The molecule has 2 aromatic heterocycles. The number of carbonyl (C=O) groups excluding carboxylic acids is 1. The normalized spacial score (nSPS) is 10.6. The van der Waals surface area contributed by atoms with Crippen LogP contribution >= 0.6 is 11.6 Å². The molecule has 0 fully saturated rings. The van der Waals surface area contributed by atoms with E-state index >= 15 is 0 Å². The van der Waals surface area contributed by atoms with E-state index in [2.05, 4.69) is 15.4 Å². The molecule has 0 unspecified atom stereocenters. The van der Waals surface area contributed by atoms with E-state index in [1.807, 2.05) is 43.3 Å². The minimum atomic E-state index is -0.402. The van der Waals surface area contributed by atoms with Gasteiger partial charge in [0.05, 0.1) is 36.3 Å². The Kier molecular flexibility index (Phi) is 6.09. The third-order valence-corrected chi connectivity index (χ3v) is 5.20. The fourth-order valence-electron chi connectivity index (χ4n) is 3.24. The minimum Gasteiger partial charge on any atom is -0.495 e. The number of amides is 1. The summed E-state index contributed by atoms with van der Waals surface area (Å²) < 4.78 is 12.3. The first-order chi connectivity index (χ1) is 15.5. The third kappa shape index (κ3) is 4.29. The number of nitrogens with one attached hydrogen (secondary N) is 1. The monoisotopic (exact) mass is 448 g/mol. The van der Waals surface area contributed by atoms with E-state index in [0.717, 1.165) is 22.5 Å². The Morgan fingerprint density at radius 2 is 1.78 bits per heavy atom. The maximum absolute atomic E-state index is 13.1. The Balaban J connectivity index is 1.74. The van der Waals surface area contributed by atoms with E-state index in [0.29, 0.717) is 22.2 Å². The van der Waals surface area contributed by atoms with Crippen LogP contribution in [0.1, 0.15) is 16.1 Å². The molecule has 2 heterocycles. The summed E-state index contributed by atoms with van der Waals surface area (Å²) in [5, 5.41) is 7.75. The van der Waals surface area contributed by atoms with Crippen LogP contribution in [-0.2, 0) is 0 Å². The molecule has 162 valence electrons. The Morgan fingerprint density at radius 3 is 2.44 bits per heavy atom. The number of hydrogen-bond donors (Lipinski definition) is 1. The van der Waals surface area contributed by atoms with Crippen LogP contribution in [0.4, 0.5) is 5.69 Å². The first-order valence-electron chi connectivity index (χ1n) is 9.80. The van der Waals surface area contributed by atoms with Gasteiger partial charge in [-0.3, -0.25) is 9.78 Å². The number of ether oxygens (including phenoxy) is 2. The summed E-state index contributed by atoms with van der Waals surface area (Å²) >= 11 is 6.23. The van der Waals surface area contributed by atoms with Crippen molar-refractivity contribution in [1.29, 1.82) is 0 Å². The van der Waals surface area contributed by atoms with Gasteiger partial charge in [0.1, 0.15) is 11.5 Å². The summed E-state index contributed by atoms with van der Waals surface area (Å²) in [6.45, 7) is 2.02. The van der Waals surface area contributed by atoms with Crippen LogP contribution in [0.5, 0.6) is 11.5 Å². The van der Waals surface area contributed by atoms with Crippen molar-refractivity contribution in [1.82, 2.24) is 14.8 Å². The van der Waals surface area contributed by atoms with Gasteiger partial charge in [0, 0.05) is 24.0 Å². The Bertz CT molecular complexity index is 1250. The van der Waals surface area contributed by atoms with E-state index in [4.69, 9.17) is 21.1 Å². The number of nitrogens with zero attached hydrogens (tertiary/aromatic N) is 3. The summed E-state index contributed by atoms with van der Waals surface area (Å²) in [6, 6.07) is 16.6. The van der Waals surface area contributed by atoms with Gasteiger partial charge >= 0.3 is 0 Å². The van der Waals surface area contributed by atoms with Crippen LogP contribution in [0.25, 0.3) is 16.9 Å². The second-order valence-electron chi connectivity index (χ2n) is 7.05. The van der Waals surface area contributed by atoms with Crippen LogP contribution in [0.15, 0.2) is 67.0 Å². The molecule has 32 heavy (non-hydrogen) atoms. The maximum Gasteiger partial charge on any atom is 0.276 e. The first kappa shape index (κ1) is 21.4. The maximum atomic E-state index is 13.1. The molecule has 4 aromatic rings. The Hall–Kier alpha value is -3.84. The average Bonchev–Trinajstić information content (AvgIpc) is 3.26. The average molecular weight is 449 g/mol. The lowest BCUT2D eigenvalue weighted by molar-refractivity contribution is 0.102. The lowest BCUT2D eigenvalue weighted by Crippen LogP contribution is -2.14. The van der Waals surface area contributed by atoms with Crippen molar-refractivity contribution in [3.05, 3.63) is 83.3 Å². The second-order valence-corrected chi connectivity index (χ2v) is 7.45. The van der Waals surface area contributed by atoms with Gasteiger partial charge in [-0.15, -0.1) is 0 Å². The lowest BCUT2D eigenvalue weighted by Gasteiger charge is -2.12. The van der Waals surface area contributed by atoms with Gasteiger partial charge in [-0.05, 0) is 43.3 Å². The van der Waals surface area contributed by atoms with E-state index in [1.54, 1.807) is 35.3 Å². The van der Waals surface area contributed by atoms with Gasteiger partial charge in [-0.1, -0.05) is 29.3 Å². The largest absolute Gasteiger partial charge is 0.495 e. The molecule has 0 aliphatic carbocycles. The van der Waals surface area contributed by atoms with Gasteiger partial charge in [0.15, 0.2) is 5.69 Å². The van der Waals surface area contributed by atoms with Crippen LogP contribution in [0, 0.1) is 6.92 Å². The summed E-state index contributed by atoms with van der Waals surface area (Å²) in [6.07, 6.45) is 3.43. The van der Waals surface area contributed by atoms with Gasteiger partial charge in [-0.2, -0.15) is 5.10 Å². The molecule has 0 atom stereocenters. The standard InChI is InChI=1S/C24H21ClN4O3/c1-15-6-8-17(9-7-15)29-21(16-5-4-10-26-14-16)12-20(28-29)24(30)27-19-11-18(25)22(31-2)13-23(19)32-3/h4-14H,1-3H3,(H,27,30). The predicted molar refractivity (Wildman–Crippen MR) is 124 cm³/mol. The molecule has 0 saturated carbocycles. The summed E-state index contributed by atoms with van der Waals surface area (Å²) in [4.78, 5) is 17.3. The van der Waals surface area contributed by atoms with Crippen LogP contribution in [0.3, 0.4) is 0 Å². The fourth-order valence-corrected chi connectivity index (χ4v) is 3.48. The molecule has 1 amide bonds. The van der Waals surface area contributed by atoms with E-state index in [1.165, 1.54) is 14.2 Å². The van der Waals surface area contributed by atoms with Crippen molar-refractivity contribution in [2.24, 2.45) is 0 Å². The number of rotatable bonds is 6. The molecule has 0 aliphatic rings. The van der Waals surface area contributed by atoms with Gasteiger partial charge in [0.2, 0.25) is 0 Å². The molecular weight excluding hydrogens is 428 g/mol. The molecule has 0 aliphatic heterocycles. The predicted octanol–water partition coefficient (Wildman–Crippen LogP) is 5.17. The number of methoxy groups -OCH3 is 2. The van der Waals surface area contributed by atoms with Crippen molar-refractivity contribution in [2.75, 3.05) is 19.5 Å². The number of aromatic nitrogens is 3. The van der Waals surface area contributed by atoms with Crippen molar-refractivity contribution < 1.29 is 14.3 Å². The van der Waals surface area contributed by atoms with E-state index in [9.17, 15) is 4.79 Å². The van der Waals surface area contributed by atoms with Gasteiger partial charge in [0.25, 0.3) is 5.91 Å². The fraction of sp³-hybridized carbons (Fsp3) is 0.125. The number of halogens is 1. The van der Waals surface area contributed by atoms with Crippen molar-refractivity contribution >= 4 is 23.2 Å². The lowest BCUT2D eigenvalue weighted by atomic mass is 10.2. The number of anilines is 1. The zero-order chi connectivity index (χ0) is 22.7. The molecule has 0 bridgehead atoms. The molecule has 4 rings (SSSR count). The first-order valence-corrected chi connectivity index (χ1v) is 10.2. The zero-order valence-electron chi connectivity index (χ0n) is 17.8. The topological polar surface area (TPSA) is 78.3 Å². The Labute approximate surface area is 190 Å². The summed E-state index contributed by atoms with van der Waals surface area (Å²) in [5.41, 5.74) is 4.19. The molecule has 1 N–H and O–H groups in total. The number of carbonyl (C=O) groups is 1. The highest BCUT2D eigenvalue weighted by Crippen LogP contribution is 2.36. The second kappa shape index (κ2) is 9.11. The number of hydrogen-bond acceptors (Lipinski definition) is 5. The highest BCUT2D eigenvalue weighted by Gasteiger charge is 2.19. The summed E-state index contributed by atoms with van der Waals surface area (Å²) in [7, 11) is 3.02. The van der Waals surface area contributed by atoms with Gasteiger partial charge < -0.3 is 14.8 Å². The number of benzene rings is 2. The van der Waals surface area contributed by atoms with E-state index in [-0.39, 0.29) is 5.69 Å². The number of pyridine rings is 1. The Morgan fingerprint density at radius 1 is 1.03 bits per heavy atom. The molecule has 7 nitrogen and oxygen atoms in total. The van der Waals surface area contributed by atoms with Crippen molar-refractivity contribution in [3.8, 4) is 28.4 Å². The molecule has 0 radical (unpaired) electrons. The van der Waals surface area contributed by atoms with Crippen molar-refractivity contribution in [2.45, 2.75) is 6.92 Å². The van der Waals surface area contributed by atoms with Crippen LogP contribution in [0.2, 0.25) is 5.02 Å².